The molecule has 0 aromatic heterocycles. The predicted molar refractivity (Wildman–Crippen MR) is 87.6 cm³/mol. The number of nitrogens with zero attached hydrogens (tertiary/aromatic N) is 2. The maximum absolute atomic E-state index is 12.0. The topological polar surface area (TPSA) is 124 Å². The number of carbonyl (C=O) groups is 2. The smallest absolute Gasteiger partial charge is 0.311 e. The number of rotatable bonds is 6. The van der Waals surface area contributed by atoms with Gasteiger partial charge in [-0.15, -0.1) is 0 Å². The van der Waals surface area contributed by atoms with Crippen molar-refractivity contribution < 1.29 is 27.7 Å². The summed E-state index contributed by atoms with van der Waals surface area (Å²) >= 11 is 0. The third-order valence-corrected chi connectivity index (χ3v) is 5.78. The first-order chi connectivity index (χ1) is 11.7. The highest BCUT2D eigenvalue weighted by Crippen LogP contribution is 2.19. The minimum atomic E-state index is -3.12. The van der Waals surface area contributed by atoms with Crippen LogP contribution in [0.1, 0.15) is 12.0 Å². The molecule has 1 amide bonds. The number of sulfone groups is 1. The fraction of sp³-hybridized carbons (Fsp3) is 0.467. The molecule has 9 nitrogen and oxygen atoms in total. The third-order valence-electron chi connectivity index (χ3n) is 4.03. The van der Waals surface area contributed by atoms with E-state index >= 15 is 0 Å². The van der Waals surface area contributed by atoms with Gasteiger partial charge in [-0.1, -0.05) is 18.2 Å². The minimum absolute atomic E-state index is 0.0345. The maximum atomic E-state index is 12.0. The van der Waals surface area contributed by atoms with E-state index in [0.717, 1.165) is 0 Å². The van der Waals surface area contributed by atoms with Gasteiger partial charge in [0.25, 0.3) is 11.6 Å². The highest BCUT2D eigenvalue weighted by Gasteiger charge is 2.33. The lowest BCUT2D eigenvalue weighted by Crippen LogP contribution is -2.40. The number of para-hydroxylation sites is 1. The van der Waals surface area contributed by atoms with Crippen molar-refractivity contribution in [3.63, 3.8) is 0 Å². The monoisotopic (exact) mass is 370 g/mol. The van der Waals surface area contributed by atoms with Crippen molar-refractivity contribution in [3.8, 4) is 0 Å². The van der Waals surface area contributed by atoms with E-state index in [1.807, 2.05) is 0 Å². The van der Waals surface area contributed by atoms with E-state index in [9.17, 15) is 28.1 Å². The van der Waals surface area contributed by atoms with Crippen LogP contribution in [0.4, 0.5) is 5.69 Å². The van der Waals surface area contributed by atoms with Crippen molar-refractivity contribution in [1.82, 2.24) is 4.90 Å². The van der Waals surface area contributed by atoms with Gasteiger partial charge in [-0.3, -0.25) is 19.7 Å². The minimum Gasteiger partial charge on any atom is -0.455 e. The normalized spacial score (nSPS) is 18.5. The van der Waals surface area contributed by atoms with E-state index in [-0.39, 0.29) is 29.2 Å². The molecule has 1 aromatic rings. The molecule has 136 valence electrons. The molecule has 1 heterocycles. The Morgan fingerprint density at radius 1 is 1.36 bits per heavy atom. The molecule has 25 heavy (non-hydrogen) atoms. The maximum Gasteiger partial charge on any atom is 0.311 e. The van der Waals surface area contributed by atoms with Gasteiger partial charge < -0.3 is 9.64 Å². The average Bonchev–Trinajstić information content (AvgIpc) is 2.92. The summed E-state index contributed by atoms with van der Waals surface area (Å²) in [5.74, 6) is -1.35. The zero-order valence-electron chi connectivity index (χ0n) is 13.6. The van der Waals surface area contributed by atoms with Crippen molar-refractivity contribution in [2.45, 2.75) is 18.9 Å². The molecular weight excluding hydrogens is 352 g/mol. The molecule has 0 aliphatic carbocycles. The zero-order chi connectivity index (χ0) is 18.6. The summed E-state index contributed by atoms with van der Waals surface area (Å²) in [7, 11) is -1.66. The Hall–Kier alpha value is -2.49. The summed E-state index contributed by atoms with van der Waals surface area (Å²) in [5.41, 5.74) is -0.000698. The second-order valence-corrected chi connectivity index (χ2v) is 8.01. The summed E-state index contributed by atoms with van der Waals surface area (Å²) < 4.78 is 27.8. The van der Waals surface area contributed by atoms with Gasteiger partial charge in [-0.25, -0.2) is 8.42 Å². The lowest BCUT2D eigenvalue weighted by atomic mass is 10.1. The lowest BCUT2D eigenvalue weighted by molar-refractivity contribution is -0.385. The van der Waals surface area contributed by atoms with Gasteiger partial charge in [0.2, 0.25) is 0 Å². The van der Waals surface area contributed by atoms with Crippen molar-refractivity contribution in [2.75, 3.05) is 25.2 Å². The Balaban J connectivity index is 1.88. The first-order valence-electron chi connectivity index (χ1n) is 7.53. The Kier molecular flexibility index (Phi) is 5.73. The highest BCUT2D eigenvalue weighted by atomic mass is 32.2. The largest absolute Gasteiger partial charge is 0.455 e. The van der Waals surface area contributed by atoms with Crippen LogP contribution in [0, 0.1) is 10.1 Å². The van der Waals surface area contributed by atoms with Crippen LogP contribution in [0.25, 0.3) is 0 Å². The van der Waals surface area contributed by atoms with Crippen molar-refractivity contribution >= 4 is 27.4 Å². The zero-order valence-corrected chi connectivity index (χ0v) is 14.4. The van der Waals surface area contributed by atoms with Gasteiger partial charge in [0, 0.05) is 24.7 Å². The Bertz CT molecular complexity index is 791. The SMILES string of the molecule is CN(C(=O)COC(=O)Cc1ccccc1[N+](=O)[O-])[C@H]1CCS(=O)(=O)C1. The number of nitro benzene ring substituents is 1. The van der Waals surface area contributed by atoms with Gasteiger partial charge in [-0.2, -0.15) is 0 Å². The molecule has 1 aliphatic heterocycles. The van der Waals surface area contributed by atoms with Crippen molar-refractivity contribution in [2.24, 2.45) is 0 Å². The number of amides is 1. The molecule has 0 spiro atoms. The summed E-state index contributed by atoms with van der Waals surface area (Å²) in [6, 6.07) is 5.35. The molecule has 2 rings (SSSR count). The quantitative estimate of drug-likeness (QED) is 0.401. The Morgan fingerprint density at radius 3 is 2.64 bits per heavy atom. The standard InChI is InChI=1S/C15H18N2O7S/c1-16(12-6-7-25(22,23)10-12)14(18)9-24-15(19)8-11-4-2-3-5-13(11)17(20)21/h2-5,12H,6-10H2,1H3/t12-/m0/s1. The number of benzene rings is 1. The number of ether oxygens (including phenoxy) is 1. The number of nitro groups is 1. The van der Waals surface area contributed by atoms with E-state index in [1.54, 1.807) is 6.07 Å². The second-order valence-electron chi connectivity index (χ2n) is 5.78. The molecule has 0 radical (unpaired) electrons. The van der Waals surface area contributed by atoms with Crippen LogP contribution in [-0.4, -0.2) is 61.3 Å². The van der Waals surface area contributed by atoms with Crippen LogP contribution >= 0.6 is 0 Å². The van der Waals surface area contributed by atoms with E-state index in [2.05, 4.69) is 0 Å². The summed E-state index contributed by atoms with van der Waals surface area (Å²) in [6.07, 6.45) is 0.0285. The molecule has 1 fully saturated rings. The van der Waals surface area contributed by atoms with Gasteiger partial charge in [0.15, 0.2) is 16.4 Å². The van der Waals surface area contributed by atoms with E-state index in [1.165, 1.54) is 30.1 Å². The summed E-state index contributed by atoms with van der Waals surface area (Å²) in [6.45, 7) is -0.535. The number of esters is 1. The molecule has 1 saturated heterocycles. The summed E-state index contributed by atoms with van der Waals surface area (Å²) in [5, 5.41) is 10.9. The Labute approximate surface area is 144 Å². The molecule has 1 atom stereocenters. The molecule has 1 aliphatic rings. The Morgan fingerprint density at radius 2 is 2.04 bits per heavy atom. The van der Waals surface area contributed by atoms with Crippen molar-refractivity contribution in [1.29, 1.82) is 0 Å². The molecule has 1 aromatic carbocycles. The van der Waals surface area contributed by atoms with E-state index < -0.39 is 39.3 Å². The molecule has 0 unspecified atom stereocenters. The number of hydrogen-bond acceptors (Lipinski definition) is 7. The molecule has 0 saturated carbocycles. The number of hydrogen-bond donors (Lipinski definition) is 0. The van der Waals surface area contributed by atoms with E-state index in [4.69, 9.17) is 4.74 Å². The first-order valence-corrected chi connectivity index (χ1v) is 9.36. The van der Waals surface area contributed by atoms with Crippen LogP contribution in [0.2, 0.25) is 0 Å². The second kappa shape index (κ2) is 7.60. The molecule has 0 N–H and O–H groups in total. The van der Waals surface area contributed by atoms with Crippen LogP contribution in [-0.2, 0) is 30.6 Å². The van der Waals surface area contributed by atoms with Gasteiger partial charge in [0.05, 0.1) is 22.8 Å². The van der Waals surface area contributed by atoms with Gasteiger partial charge in [0.1, 0.15) is 0 Å². The number of likely N-dealkylation sites (N-methyl/N-ethyl adjacent to an activating group) is 1. The van der Waals surface area contributed by atoms with Crippen LogP contribution in [0.15, 0.2) is 24.3 Å². The van der Waals surface area contributed by atoms with Crippen LogP contribution in [0.5, 0.6) is 0 Å². The fourth-order valence-electron chi connectivity index (χ4n) is 2.57. The number of carbonyl (C=O) groups excluding carboxylic acids is 2. The first kappa shape index (κ1) is 18.8. The molecule has 10 heteroatoms. The molecule has 0 bridgehead atoms. The van der Waals surface area contributed by atoms with Gasteiger partial charge >= 0.3 is 5.97 Å². The van der Waals surface area contributed by atoms with Gasteiger partial charge in [-0.05, 0) is 6.42 Å². The fourth-order valence-corrected chi connectivity index (χ4v) is 4.35. The summed E-state index contributed by atoms with van der Waals surface area (Å²) in [4.78, 5) is 35.4. The van der Waals surface area contributed by atoms with Crippen LogP contribution in [0.3, 0.4) is 0 Å². The van der Waals surface area contributed by atoms with Crippen molar-refractivity contribution in [3.05, 3.63) is 39.9 Å². The third kappa shape index (κ3) is 4.99. The highest BCUT2D eigenvalue weighted by molar-refractivity contribution is 7.91. The predicted octanol–water partition coefficient (Wildman–Crippen LogP) is 0.326. The van der Waals surface area contributed by atoms with Crippen LogP contribution < -0.4 is 0 Å². The average molecular weight is 370 g/mol. The lowest BCUT2D eigenvalue weighted by Gasteiger charge is -2.23. The molecular formula is C15H18N2O7S. The van der Waals surface area contributed by atoms with E-state index in [0.29, 0.717) is 6.42 Å².